The molecule has 7 aliphatic rings. The molecule has 7 rings (SSSR count). The Kier molecular flexibility index (Phi) is 30.5. The molecule has 7 saturated carbocycles. The largest absolute Gasteiger partial charge is 0.692 e. The molecule has 0 aromatic rings. The molecule has 7 fully saturated rings. The molecule has 330 valence electrons. The molecule has 0 spiro atoms. The van der Waals surface area contributed by atoms with Crippen LogP contribution in [0, 0.1) is 0 Å². The van der Waals surface area contributed by atoms with Gasteiger partial charge in [0.25, 0.3) is 0 Å². The minimum absolute atomic E-state index is 0.286. The lowest BCUT2D eigenvalue weighted by molar-refractivity contribution is 0.161. The van der Waals surface area contributed by atoms with E-state index in [2.05, 4.69) is 0 Å². The van der Waals surface area contributed by atoms with Gasteiger partial charge >= 0.3 is 32.3 Å². The second kappa shape index (κ2) is 33.8. The van der Waals surface area contributed by atoms with Crippen molar-refractivity contribution in [3.8, 4) is 0 Å². The Balaban J connectivity index is 0.000000206. The summed E-state index contributed by atoms with van der Waals surface area (Å²) < 4.78 is 62.2. The SMILES string of the molecule is C1CCCCC1.O=[P+](O)O.O=[P+](OC1CCCC1)C1CCCC1.O=[P+](OC1CCCCC1)C1CCCCC1.O=[P+](OC1CCCCCCC1)C1CCCCCCC1. The van der Waals surface area contributed by atoms with Crippen LogP contribution in [0.2, 0.25) is 0 Å². The van der Waals surface area contributed by atoms with Crippen LogP contribution in [0.25, 0.3) is 0 Å². The summed E-state index contributed by atoms with van der Waals surface area (Å²) in [4.78, 5) is 14.2. The molecule has 0 bridgehead atoms. The first-order valence-corrected chi connectivity index (χ1v) is 29.0. The normalized spacial score (nSPS) is 24.8. The minimum atomic E-state index is -2.87. The number of hydrogen-bond donors (Lipinski definition) is 2. The molecule has 0 radical (unpaired) electrons. The number of hydrogen-bond acceptors (Lipinski definition) is 7. The van der Waals surface area contributed by atoms with Gasteiger partial charge in [-0.1, -0.05) is 128 Å². The molecular formula is C44H84O9P4+4. The van der Waals surface area contributed by atoms with Gasteiger partial charge in [-0.15, -0.1) is 23.4 Å². The zero-order chi connectivity index (χ0) is 40.8. The Morgan fingerprint density at radius 1 is 0.263 bits per heavy atom. The molecule has 0 aromatic carbocycles. The van der Waals surface area contributed by atoms with Crippen LogP contribution in [0.5, 0.6) is 0 Å². The van der Waals surface area contributed by atoms with E-state index in [9.17, 15) is 13.7 Å². The lowest BCUT2D eigenvalue weighted by atomic mass is 9.98. The Morgan fingerprint density at radius 2 is 0.404 bits per heavy atom. The van der Waals surface area contributed by atoms with Crippen molar-refractivity contribution in [1.82, 2.24) is 0 Å². The third-order valence-electron chi connectivity index (χ3n) is 13.0. The Hall–Kier alpha value is 0.200. The van der Waals surface area contributed by atoms with Crippen LogP contribution in [-0.2, 0) is 31.8 Å². The highest BCUT2D eigenvalue weighted by atomic mass is 31.1. The number of rotatable bonds is 9. The summed E-state index contributed by atoms with van der Waals surface area (Å²) in [6, 6.07) is 0. The minimum Gasteiger partial charge on any atom is -0.143 e. The topological polar surface area (TPSA) is 136 Å². The van der Waals surface area contributed by atoms with Crippen LogP contribution >= 0.6 is 32.3 Å². The highest BCUT2D eigenvalue weighted by Crippen LogP contribution is 2.44. The Bertz CT molecular complexity index is 1040. The maximum absolute atomic E-state index is 12.5. The molecule has 0 aliphatic heterocycles. The van der Waals surface area contributed by atoms with Crippen molar-refractivity contribution in [3.63, 3.8) is 0 Å². The monoisotopic (exact) mass is 881 g/mol. The van der Waals surface area contributed by atoms with E-state index in [1.54, 1.807) is 0 Å². The molecule has 57 heavy (non-hydrogen) atoms. The van der Waals surface area contributed by atoms with Crippen molar-refractivity contribution >= 4 is 32.3 Å². The highest BCUT2D eigenvalue weighted by molar-refractivity contribution is 7.40. The Morgan fingerprint density at radius 3 is 0.632 bits per heavy atom. The maximum Gasteiger partial charge on any atom is 0.692 e. The van der Waals surface area contributed by atoms with E-state index in [1.807, 2.05) is 0 Å². The molecule has 13 heteroatoms. The van der Waals surface area contributed by atoms with Crippen molar-refractivity contribution in [1.29, 1.82) is 0 Å². The zero-order valence-corrected chi connectivity index (χ0v) is 39.5. The van der Waals surface area contributed by atoms with Crippen LogP contribution in [0.1, 0.15) is 244 Å². The average Bonchev–Trinajstić information content (AvgIpc) is 3.94. The van der Waals surface area contributed by atoms with Gasteiger partial charge in [0.2, 0.25) is 0 Å². The summed E-state index contributed by atoms with van der Waals surface area (Å²) in [5, 5.41) is 0. The molecule has 7 aliphatic carbocycles. The van der Waals surface area contributed by atoms with Gasteiger partial charge in [-0.3, -0.25) is 0 Å². The van der Waals surface area contributed by atoms with Gasteiger partial charge in [0, 0.05) is 4.57 Å². The molecule has 3 unspecified atom stereocenters. The van der Waals surface area contributed by atoms with Crippen molar-refractivity contribution in [3.05, 3.63) is 0 Å². The van der Waals surface area contributed by atoms with Gasteiger partial charge < -0.3 is 0 Å². The lowest BCUT2D eigenvalue weighted by Crippen LogP contribution is -2.16. The smallest absolute Gasteiger partial charge is 0.143 e. The van der Waals surface area contributed by atoms with Gasteiger partial charge in [-0.05, 0) is 129 Å². The standard InChI is InChI=1S/C16H30O2P.C12H22O2P.C10H18O2P.C6H12.HO3P/c17-19(16-13-9-5-2-6-10-14-16)18-15-11-7-3-1-4-8-12-15;13-15(12-9-5-2-6-10-12)14-11-7-3-1-4-8-11;11-13(10-7-3-4-8-10)12-9-5-1-2-6-9;1-2-4-6-5-3-1;1-4(2)3/h15-16H,1-14H2;11-12H,1-10H2;9-10H,1-8H2;1-6H2;(H-,1,2,3)/q3*+1;;/p+1. The molecule has 0 heterocycles. The molecular weight excluding hydrogens is 796 g/mol. The van der Waals surface area contributed by atoms with E-state index < -0.39 is 32.3 Å². The van der Waals surface area contributed by atoms with Crippen molar-refractivity contribution in [2.75, 3.05) is 0 Å². The van der Waals surface area contributed by atoms with E-state index in [0.29, 0.717) is 29.2 Å². The van der Waals surface area contributed by atoms with Gasteiger partial charge in [-0.2, -0.15) is 0 Å². The van der Waals surface area contributed by atoms with Gasteiger partial charge in [-0.25, -0.2) is 0 Å². The summed E-state index contributed by atoms with van der Waals surface area (Å²) in [6.45, 7) is 0. The first-order valence-electron chi connectivity index (χ1n) is 24.1. The predicted molar refractivity (Wildman–Crippen MR) is 236 cm³/mol. The molecule has 0 amide bonds. The third kappa shape index (κ3) is 25.7. The summed E-state index contributed by atoms with van der Waals surface area (Å²) in [5.74, 6) is 0. The summed E-state index contributed by atoms with van der Waals surface area (Å²) in [5.41, 5.74) is 1.10. The average molecular weight is 881 g/mol. The molecule has 2 N–H and O–H groups in total. The van der Waals surface area contributed by atoms with Gasteiger partial charge in [0.1, 0.15) is 18.3 Å². The second-order valence-corrected chi connectivity index (χ2v) is 22.9. The third-order valence-corrected chi connectivity index (χ3v) is 17.9. The first kappa shape index (κ1) is 51.5. The van der Waals surface area contributed by atoms with E-state index in [4.69, 9.17) is 27.9 Å². The van der Waals surface area contributed by atoms with Crippen molar-refractivity contribution in [2.45, 2.75) is 279 Å². The molecule has 0 aromatic heterocycles. The van der Waals surface area contributed by atoms with Gasteiger partial charge in [0.15, 0.2) is 17.0 Å². The van der Waals surface area contributed by atoms with E-state index in [1.165, 1.54) is 167 Å². The summed E-state index contributed by atoms with van der Waals surface area (Å²) in [7, 11) is -7.01. The fourth-order valence-corrected chi connectivity index (χ4v) is 13.9. The molecule has 0 saturated heterocycles. The van der Waals surface area contributed by atoms with Crippen LogP contribution in [0.15, 0.2) is 0 Å². The molecule has 9 nitrogen and oxygen atoms in total. The zero-order valence-electron chi connectivity index (χ0n) is 35.9. The van der Waals surface area contributed by atoms with E-state index in [-0.39, 0.29) is 6.10 Å². The first-order chi connectivity index (χ1) is 27.8. The Labute approximate surface area is 352 Å². The fraction of sp³-hybridized carbons (Fsp3) is 1.00. The van der Waals surface area contributed by atoms with Gasteiger partial charge in [0.05, 0.1) is 0 Å². The van der Waals surface area contributed by atoms with E-state index in [0.717, 1.165) is 77.0 Å². The van der Waals surface area contributed by atoms with Crippen LogP contribution in [0.4, 0.5) is 0 Å². The van der Waals surface area contributed by atoms with Crippen molar-refractivity contribution in [2.24, 2.45) is 0 Å². The summed E-state index contributed by atoms with van der Waals surface area (Å²) in [6.07, 6.45) is 49.3. The quantitative estimate of drug-likeness (QED) is 0.217. The lowest BCUT2D eigenvalue weighted by Gasteiger charge is -2.18. The van der Waals surface area contributed by atoms with Crippen LogP contribution < -0.4 is 0 Å². The second-order valence-electron chi connectivity index (χ2n) is 17.9. The van der Waals surface area contributed by atoms with Crippen LogP contribution in [-0.4, -0.2) is 45.1 Å². The van der Waals surface area contributed by atoms with Crippen LogP contribution in [0.3, 0.4) is 0 Å². The highest BCUT2D eigenvalue weighted by Gasteiger charge is 2.39. The van der Waals surface area contributed by atoms with E-state index >= 15 is 0 Å². The fourth-order valence-electron chi connectivity index (χ4n) is 9.50. The maximum atomic E-state index is 12.5. The summed E-state index contributed by atoms with van der Waals surface area (Å²) >= 11 is 0. The molecule has 3 atom stereocenters. The predicted octanol–water partition coefficient (Wildman–Crippen LogP) is 16.0. The van der Waals surface area contributed by atoms with Crippen molar-refractivity contribution < 1.29 is 41.6 Å².